The number of furan rings is 1. The standard InChI is InChI=1S/C31H22N2O/c1-19-16-22(33-26-10-5-3-8-23(26)24-9-4-6-11-27(24)33)17-20(2)30(19)21-13-14-28-25(18-21)31-29(34-28)12-7-15-32-31/h3-18H,1-2H3. The van der Waals surface area contributed by atoms with Crippen LogP contribution in [0.2, 0.25) is 0 Å². The number of para-hydroxylation sites is 2. The van der Waals surface area contributed by atoms with Crippen LogP contribution in [0.1, 0.15) is 11.1 Å². The summed E-state index contributed by atoms with van der Waals surface area (Å²) < 4.78 is 8.37. The van der Waals surface area contributed by atoms with Crippen molar-refractivity contribution in [3.05, 3.63) is 108 Å². The molecule has 0 fully saturated rings. The molecule has 0 aliphatic heterocycles. The first-order valence-electron chi connectivity index (χ1n) is 11.6. The van der Waals surface area contributed by atoms with E-state index in [1.807, 2.05) is 18.3 Å². The molecule has 0 unspecified atom stereocenters. The number of hydrogen-bond acceptors (Lipinski definition) is 2. The van der Waals surface area contributed by atoms with Crippen molar-refractivity contribution in [1.82, 2.24) is 9.55 Å². The first-order valence-corrected chi connectivity index (χ1v) is 11.6. The summed E-state index contributed by atoms with van der Waals surface area (Å²) in [5.74, 6) is 0. The highest BCUT2D eigenvalue weighted by atomic mass is 16.3. The summed E-state index contributed by atoms with van der Waals surface area (Å²) in [6, 6.07) is 32.2. The van der Waals surface area contributed by atoms with Crippen LogP contribution < -0.4 is 0 Å². The van der Waals surface area contributed by atoms with Gasteiger partial charge in [0.25, 0.3) is 0 Å². The molecule has 7 aromatic rings. The monoisotopic (exact) mass is 438 g/mol. The quantitative estimate of drug-likeness (QED) is 0.271. The maximum atomic E-state index is 5.99. The van der Waals surface area contributed by atoms with E-state index in [9.17, 15) is 0 Å². The maximum absolute atomic E-state index is 5.99. The van der Waals surface area contributed by atoms with Crippen molar-refractivity contribution in [3.63, 3.8) is 0 Å². The lowest BCUT2D eigenvalue weighted by Gasteiger charge is -2.15. The third kappa shape index (κ3) is 2.67. The molecule has 0 spiro atoms. The number of hydrogen-bond donors (Lipinski definition) is 0. The van der Waals surface area contributed by atoms with Gasteiger partial charge in [0.15, 0.2) is 5.58 Å². The Morgan fingerprint density at radius 1 is 0.647 bits per heavy atom. The van der Waals surface area contributed by atoms with E-state index in [0.29, 0.717) is 0 Å². The van der Waals surface area contributed by atoms with Gasteiger partial charge in [0.2, 0.25) is 0 Å². The zero-order valence-corrected chi connectivity index (χ0v) is 19.0. The molecule has 162 valence electrons. The second-order valence-electron chi connectivity index (χ2n) is 8.99. The molecule has 3 heteroatoms. The minimum atomic E-state index is 0.824. The minimum Gasteiger partial charge on any atom is -0.454 e. The van der Waals surface area contributed by atoms with Crippen LogP contribution in [0.3, 0.4) is 0 Å². The first kappa shape index (κ1) is 19.1. The van der Waals surface area contributed by atoms with Crippen molar-refractivity contribution >= 4 is 43.9 Å². The lowest BCUT2D eigenvalue weighted by molar-refractivity contribution is 0.668. The Hall–Kier alpha value is -4.37. The summed E-state index contributed by atoms with van der Waals surface area (Å²) in [7, 11) is 0. The molecule has 0 saturated heterocycles. The fourth-order valence-electron chi connectivity index (χ4n) is 5.48. The Morgan fingerprint density at radius 2 is 1.32 bits per heavy atom. The van der Waals surface area contributed by atoms with Gasteiger partial charge in [0, 0.05) is 28.0 Å². The SMILES string of the molecule is Cc1cc(-n2c3ccccc3c3ccccc32)cc(C)c1-c1ccc2oc3cccnc3c2c1. The summed E-state index contributed by atoms with van der Waals surface area (Å²) in [6.07, 6.45) is 1.82. The van der Waals surface area contributed by atoms with Crippen molar-refractivity contribution in [2.75, 3.05) is 0 Å². The van der Waals surface area contributed by atoms with Gasteiger partial charge in [-0.2, -0.15) is 0 Å². The van der Waals surface area contributed by atoms with Crippen LogP contribution in [0.4, 0.5) is 0 Å². The summed E-state index contributed by atoms with van der Waals surface area (Å²) in [6.45, 7) is 4.41. The van der Waals surface area contributed by atoms with Crippen LogP contribution in [0, 0.1) is 13.8 Å². The van der Waals surface area contributed by atoms with Crippen LogP contribution in [0.25, 0.3) is 60.7 Å². The lowest BCUT2D eigenvalue weighted by Crippen LogP contribution is -1.98. The smallest absolute Gasteiger partial charge is 0.153 e. The van der Waals surface area contributed by atoms with Gasteiger partial charge in [-0.05, 0) is 84.6 Å². The number of nitrogens with zero attached hydrogens (tertiary/aromatic N) is 2. The second kappa shape index (κ2) is 7.06. The van der Waals surface area contributed by atoms with E-state index in [1.54, 1.807) is 0 Å². The Labute approximate surface area is 196 Å². The molecule has 7 rings (SSSR count). The van der Waals surface area contributed by atoms with E-state index in [1.165, 1.54) is 49.7 Å². The van der Waals surface area contributed by atoms with Crippen LogP contribution in [0.5, 0.6) is 0 Å². The van der Waals surface area contributed by atoms with E-state index in [-0.39, 0.29) is 0 Å². The van der Waals surface area contributed by atoms with Gasteiger partial charge in [-0.15, -0.1) is 0 Å². The Kier molecular flexibility index (Phi) is 3.97. The lowest BCUT2D eigenvalue weighted by atomic mass is 9.94. The Morgan fingerprint density at radius 3 is 2.03 bits per heavy atom. The minimum absolute atomic E-state index is 0.824. The number of pyridine rings is 1. The highest BCUT2D eigenvalue weighted by Crippen LogP contribution is 2.37. The highest BCUT2D eigenvalue weighted by molar-refractivity contribution is 6.09. The van der Waals surface area contributed by atoms with E-state index in [0.717, 1.165) is 22.1 Å². The number of benzene rings is 4. The molecule has 0 aliphatic rings. The van der Waals surface area contributed by atoms with Crippen LogP contribution in [-0.2, 0) is 0 Å². The molecule has 0 saturated carbocycles. The van der Waals surface area contributed by atoms with Crippen molar-refractivity contribution in [2.24, 2.45) is 0 Å². The molecule has 3 heterocycles. The van der Waals surface area contributed by atoms with Crippen LogP contribution in [-0.4, -0.2) is 9.55 Å². The molecule has 4 aromatic carbocycles. The van der Waals surface area contributed by atoms with Crippen molar-refractivity contribution in [3.8, 4) is 16.8 Å². The molecule has 0 amide bonds. The van der Waals surface area contributed by atoms with Gasteiger partial charge in [-0.3, -0.25) is 4.98 Å². The highest BCUT2D eigenvalue weighted by Gasteiger charge is 2.16. The van der Waals surface area contributed by atoms with Gasteiger partial charge in [0.05, 0.1) is 11.0 Å². The molecule has 0 radical (unpaired) electrons. The third-order valence-corrected chi connectivity index (χ3v) is 6.87. The fourth-order valence-corrected chi connectivity index (χ4v) is 5.48. The summed E-state index contributed by atoms with van der Waals surface area (Å²) in [5, 5.41) is 3.61. The topological polar surface area (TPSA) is 31.0 Å². The van der Waals surface area contributed by atoms with Crippen molar-refractivity contribution in [1.29, 1.82) is 0 Å². The Balaban J connectivity index is 1.45. The molecule has 0 bridgehead atoms. The number of rotatable bonds is 2. The van der Waals surface area contributed by atoms with E-state index < -0.39 is 0 Å². The molecule has 0 aliphatic carbocycles. The van der Waals surface area contributed by atoms with Gasteiger partial charge in [-0.25, -0.2) is 0 Å². The van der Waals surface area contributed by atoms with E-state index in [4.69, 9.17) is 4.42 Å². The number of aryl methyl sites for hydroxylation is 2. The van der Waals surface area contributed by atoms with Crippen molar-refractivity contribution in [2.45, 2.75) is 13.8 Å². The number of aromatic nitrogens is 2. The summed E-state index contributed by atoms with van der Waals surface area (Å²) >= 11 is 0. The number of fused-ring (bicyclic) bond motifs is 6. The predicted octanol–water partition coefficient (Wildman–Crippen LogP) is 8.36. The van der Waals surface area contributed by atoms with Gasteiger partial charge >= 0.3 is 0 Å². The average molecular weight is 439 g/mol. The summed E-state index contributed by atoms with van der Waals surface area (Å²) in [5.41, 5.74) is 11.2. The van der Waals surface area contributed by atoms with Gasteiger partial charge < -0.3 is 8.98 Å². The zero-order valence-electron chi connectivity index (χ0n) is 19.0. The Bertz CT molecular complexity index is 1810. The fraction of sp³-hybridized carbons (Fsp3) is 0.0645. The van der Waals surface area contributed by atoms with Crippen molar-refractivity contribution < 1.29 is 4.42 Å². The second-order valence-corrected chi connectivity index (χ2v) is 8.99. The van der Waals surface area contributed by atoms with Gasteiger partial charge in [0.1, 0.15) is 11.1 Å². The first-order chi connectivity index (χ1) is 16.7. The van der Waals surface area contributed by atoms with Crippen LogP contribution in [0.15, 0.2) is 102 Å². The van der Waals surface area contributed by atoms with E-state index in [2.05, 4.69) is 102 Å². The maximum Gasteiger partial charge on any atom is 0.153 e. The van der Waals surface area contributed by atoms with Crippen LogP contribution >= 0.6 is 0 Å². The molecule has 3 nitrogen and oxygen atoms in total. The van der Waals surface area contributed by atoms with E-state index >= 15 is 0 Å². The largest absolute Gasteiger partial charge is 0.454 e. The molecule has 34 heavy (non-hydrogen) atoms. The molecular formula is C31H22N2O. The molecular weight excluding hydrogens is 416 g/mol. The normalized spacial score (nSPS) is 11.8. The van der Waals surface area contributed by atoms with Gasteiger partial charge in [-0.1, -0.05) is 42.5 Å². The predicted molar refractivity (Wildman–Crippen MR) is 141 cm³/mol. The summed E-state index contributed by atoms with van der Waals surface area (Å²) in [4.78, 5) is 4.56. The molecule has 3 aromatic heterocycles. The third-order valence-electron chi connectivity index (χ3n) is 6.87. The molecule has 0 N–H and O–H groups in total. The average Bonchev–Trinajstić information content (AvgIpc) is 3.39. The zero-order chi connectivity index (χ0) is 22.8. The molecule has 0 atom stereocenters.